The molecule has 1 aromatic rings. The number of rotatable bonds is 3. The fourth-order valence-corrected chi connectivity index (χ4v) is 2.77. The first kappa shape index (κ1) is 12.5. The van der Waals surface area contributed by atoms with Crippen LogP contribution in [0.1, 0.15) is 23.5 Å². The molecule has 2 N–H and O–H groups in total. The minimum absolute atomic E-state index is 0.284. The second-order valence-electron chi connectivity index (χ2n) is 4.50. The van der Waals surface area contributed by atoms with E-state index >= 15 is 0 Å². The Labute approximate surface area is 104 Å². The molecule has 0 amide bonds. The predicted octanol–water partition coefficient (Wildman–Crippen LogP) is 0.863. The fourth-order valence-electron chi connectivity index (χ4n) is 1.96. The van der Waals surface area contributed by atoms with Crippen LogP contribution in [0.15, 0.2) is 5.38 Å². The number of aromatic nitrogens is 1. The Balaban J connectivity index is 1.89. The first-order chi connectivity index (χ1) is 7.99. The Kier molecular flexibility index (Phi) is 3.46. The molecule has 2 rings (SSSR count). The summed E-state index contributed by atoms with van der Waals surface area (Å²) in [5.41, 5.74) is -0.515. The number of carbonyl (C=O) groups is 1. The van der Waals surface area contributed by atoms with Gasteiger partial charge in [0.2, 0.25) is 0 Å². The maximum Gasteiger partial charge on any atom is 0.335 e. The summed E-state index contributed by atoms with van der Waals surface area (Å²) < 4.78 is 0. The number of likely N-dealkylation sites (tertiary alicyclic amines) is 1. The second kappa shape index (κ2) is 4.72. The highest BCUT2D eigenvalue weighted by Crippen LogP contribution is 2.24. The van der Waals surface area contributed by atoms with Gasteiger partial charge in [0.15, 0.2) is 5.60 Å². The number of hydrogen-bond donors (Lipinski definition) is 2. The van der Waals surface area contributed by atoms with Crippen molar-refractivity contribution in [1.29, 1.82) is 0 Å². The predicted molar refractivity (Wildman–Crippen MR) is 63.9 cm³/mol. The highest BCUT2D eigenvalue weighted by molar-refractivity contribution is 7.09. The zero-order valence-electron chi connectivity index (χ0n) is 9.72. The molecule has 17 heavy (non-hydrogen) atoms. The molecule has 1 aromatic heterocycles. The first-order valence-electron chi connectivity index (χ1n) is 5.59. The molecule has 0 aliphatic carbocycles. The molecule has 94 valence electrons. The summed E-state index contributed by atoms with van der Waals surface area (Å²) in [6.07, 6.45) is 0.569. The molecule has 1 saturated heterocycles. The zero-order valence-corrected chi connectivity index (χ0v) is 10.5. The van der Waals surface area contributed by atoms with Gasteiger partial charge in [-0.3, -0.25) is 4.90 Å². The highest BCUT2D eigenvalue weighted by Gasteiger charge is 2.39. The maximum atomic E-state index is 10.9. The van der Waals surface area contributed by atoms with Gasteiger partial charge in [0.25, 0.3) is 0 Å². The standard InChI is InChI=1S/C11H16N2O3S/c1-8-7-17-9(12-8)6-13-4-2-11(16,3-5-13)10(14)15/h7,16H,2-6H2,1H3,(H,14,15). The molecular weight excluding hydrogens is 240 g/mol. The highest BCUT2D eigenvalue weighted by atomic mass is 32.1. The van der Waals surface area contributed by atoms with Crippen LogP contribution in [0.5, 0.6) is 0 Å². The van der Waals surface area contributed by atoms with Crippen LogP contribution in [0.25, 0.3) is 0 Å². The van der Waals surface area contributed by atoms with Gasteiger partial charge in [-0.15, -0.1) is 11.3 Å². The summed E-state index contributed by atoms with van der Waals surface area (Å²) in [6.45, 7) is 3.90. The Bertz CT molecular complexity index is 411. The van der Waals surface area contributed by atoms with Crippen LogP contribution in [-0.4, -0.2) is 44.8 Å². The third-order valence-corrected chi connectivity index (χ3v) is 4.06. The van der Waals surface area contributed by atoms with E-state index in [1.54, 1.807) is 11.3 Å². The van der Waals surface area contributed by atoms with E-state index in [-0.39, 0.29) is 12.8 Å². The Morgan fingerprint density at radius 1 is 1.59 bits per heavy atom. The number of aryl methyl sites for hydroxylation is 1. The molecule has 0 atom stereocenters. The van der Waals surface area contributed by atoms with Crippen molar-refractivity contribution in [3.63, 3.8) is 0 Å². The molecule has 0 radical (unpaired) electrons. The lowest BCUT2D eigenvalue weighted by atomic mass is 9.92. The van der Waals surface area contributed by atoms with E-state index in [1.165, 1.54) is 0 Å². The zero-order chi connectivity index (χ0) is 12.5. The normalized spacial score (nSPS) is 20.4. The lowest BCUT2D eigenvalue weighted by Crippen LogP contribution is -2.49. The Hall–Kier alpha value is -0.980. The number of carboxylic acids is 1. The van der Waals surface area contributed by atoms with E-state index in [2.05, 4.69) is 9.88 Å². The van der Waals surface area contributed by atoms with E-state index < -0.39 is 11.6 Å². The van der Waals surface area contributed by atoms with Gasteiger partial charge >= 0.3 is 5.97 Å². The van der Waals surface area contributed by atoms with Gasteiger partial charge in [0, 0.05) is 24.2 Å². The summed E-state index contributed by atoms with van der Waals surface area (Å²) in [7, 11) is 0. The average Bonchev–Trinajstić information content (AvgIpc) is 2.67. The molecule has 1 aliphatic rings. The summed E-state index contributed by atoms with van der Waals surface area (Å²) in [6, 6.07) is 0. The van der Waals surface area contributed by atoms with Gasteiger partial charge in [-0.05, 0) is 19.8 Å². The molecule has 6 heteroatoms. The number of hydrogen-bond acceptors (Lipinski definition) is 5. The van der Waals surface area contributed by atoms with Crippen LogP contribution >= 0.6 is 11.3 Å². The van der Waals surface area contributed by atoms with Crippen molar-refractivity contribution in [2.45, 2.75) is 31.9 Å². The molecular formula is C11H16N2O3S. The molecule has 2 heterocycles. The van der Waals surface area contributed by atoms with Crippen LogP contribution in [0.3, 0.4) is 0 Å². The van der Waals surface area contributed by atoms with E-state index in [9.17, 15) is 9.90 Å². The van der Waals surface area contributed by atoms with Gasteiger partial charge in [0.1, 0.15) is 5.01 Å². The summed E-state index contributed by atoms with van der Waals surface area (Å²) in [5.74, 6) is -1.11. The monoisotopic (exact) mass is 256 g/mol. The molecule has 0 spiro atoms. The molecule has 1 aliphatic heterocycles. The van der Waals surface area contributed by atoms with Crippen molar-refractivity contribution < 1.29 is 15.0 Å². The number of thiazole rings is 1. The maximum absolute atomic E-state index is 10.9. The fraction of sp³-hybridized carbons (Fsp3) is 0.636. The van der Waals surface area contributed by atoms with Crippen LogP contribution in [-0.2, 0) is 11.3 Å². The van der Waals surface area contributed by atoms with Gasteiger partial charge in [0.05, 0.1) is 6.54 Å². The van der Waals surface area contributed by atoms with Crippen LogP contribution in [0, 0.1) is 6.92 Å². The molecule has 0 aromatic carbocycles. The molecule has 5 nitrogen and oxygen atoms in total. The number of nitrogens with zero attached hydrogens (tertiary/aromatic N) is 2. The lowest BCUT2D eigenvalue weighted by molar-refractivity contribution is -0.163. The van der Waals surface area contributed by atoms with Gasteiger partial charge in [-0.1, -0.05) is 0 Å². The first-order valence-corrected chi connectivity index (χ1v) is 6.47. The van der Waals surface area contributed by atoms with Crippen molar-refractivity contribution in [3.05, 3.63) is 16.1 Å². The van der Waals surface area contributed by atoms with E-state index in [0.717, 1.165) is 17.2 Å². The van der Waals surface area contributed by atoms with Crippen molar-refractivity contribution in [1.82, 2.24) is 9.88 Å². The molecule has 0 unspecified atom stereocenters. The molecule has 0 bridgehead atoms. The van der Waals surface area contributed by atoms with E-state index in [1.807, 2.05) is 12.3 Å². The third-order valence-electron chi connectivity index (χ3n) is 3.11. The largest absolute Gasteiger partial charge is 0.479 e. The topological polar surface area (TPSA) is 73.7 Å². The average molecular weight is 256 g/mol. The number of aliphatic hydroxyl groups is 1. The minimum Gasteiger partial charge on any atom is -0.479 e. The third kappa shape index (κ3) is 2.83. The van der Waals surface area contributed by atoms with E-state index in [4.69, 9.17) is 5.11 Å². The quantitative estimate of drug-likeness (QED) is 0.839. The second-order valence-corrected chi connectivity index (χ2v) is 5.44. The van der Waals surface area contributed by atoms with Crippen molar-refractivity contribution in [2.24, 2.45) is 0 Å². The number of aliphatic carboxylic acids is 1. The minimum atomic E-state index is -1.53. The van der Waals surface area contributed by atoms with Crippen molar-refractivity contribution >= 4 is 17.3 Å². The van der Waals surface area contributed by atoms with Crippen molar-refractivity contribution in [3.8, 4) is 0 Å². The molecule has 1 fully saturated rings. The smallest absolute Gasteiger partial charge is 0.335 e. The van der Waals surface area contributed by atoms with Gasteiger partial charge < -0.3 is 10.2 Å². The van der Waals surface area contributed by atoms with Crippen molar-refractivity contribution in [2.75, 3.05) is 13.1 Å². The van der Waals surface area contributed by atoms with Crippen LogP contribution in [0.4, 0.5) is 0 Å². The summed E-state index contributed by atoms with van der Waals surface area (Å²) >= 11 is 1.62. The Morgan fingerprint density at radius 2 is 2.24 bits per heavy atom. The molecule has 0 saturated carbocycles. The van der Waals surface area contributed by atoms with Crippen LogP contribution < -0.4 is 0 Å². The number of carboxylic acid groups (broad SMARTS) is 1. The van der Waals surface area contributed by atoms with Gasteiger partial charge in [-0.2, -0.15) is 0 Å². The number of piperidine rings is 1. The van der Waals surface area contributed by atoms with E-state index in [0.29, 0.717) is 13.1 Å². The van der Waals surface area contributed by atoms with Gasteiger partial charge in [-0.25, -0.2) is 9.78 Å². The SMILES string of the molecule is Cc1csc(CN2CCC(O)(C(=O)O)CC2)n1. The lowest BCUT2D eigenvalue weighted by Gasteiger charge is -2.34. The summed E-state index contributed by atoms with van der Waals surface area (Å²) in [4.78, 5) is 17.4. The Morgan fingerprint density at radius 3 is 2.71 bits per heavy atom. The summed E-state index contributed by atoms with van der Waals surface area (Å²) in [5, 5.41) is 21.7. The van der Waals surface area contributed by atoms with Crippen LogP contribution in [0.2, 0.25) is 0 Å².